The number of halogens is 1. The van der Waals surface area contributed by atoms with E-state index in [1.807, 2.05) is 19.1 Å². The molecule has 4 rings (SSSR count). The maximum absolute atomic E-state index is 13.1. The molecule has 0 fully saturated rings. The van der Waals surface area contributed by atoms with Crippen molar-refractivity contribution in [3.63, 3.8) is 0 Å². The largest absolute Gasteiger partial charge is 0.326 e. The number of anilines is 4. The highest BCUT2D eigenvalue weighted by atomic mass is 19.1. The van der Waals surface area contributed by atoms with Crippen LogP contribution in [0.25, 0.3) is 0 Å². The smallest absolute Gasteiger partial charge is 0.258 e. The fourth-order valence-electron chi connectivity index (χ4n) is 3.49. The SMILES string of the molecule is CCc1ccccc1NC(=O)[C@H]1CC(=O)Nc2nc(Nc3ccc(F)cc3)[nH]c(=O)c21. The Hall–Kier alpha value is -4.01. The molecule has 0 aliphatic carbocycles. The highest BCUT2D eigenvalue weighted by molar-refractivity contribution is 6.04. The first-order valence-corrected chi connectivity index (χ1v) is 9.80. The van der Waals surface area contributed by atoms with Crippen LogP contribution in [0.2, 0.25) is 0 Å². The molecular weight excluding hydrogens is 401 g/mol. The van der Waals surface area contributed by atoms with Crippen molar-refractivity contribution < 1.29 is 14.0 Å². The lowest BCUT2D eigenvalue weighted by Crippen LogP contribution is -2.36. The van der Waals surface area contributed by atoms with E-state index in [1.165, 1.54) is 24.3 Å². The number of hydrogen-bond donors (Lipinski definition) is 4. The number of fused-ring (bicyclic) bond motifs is 1. The fourth-order valence-corrected chi connectivity index (χ4v) is 3.49. The molecule has 158 valence electrons. The van der Waals surface area contributed by atoms with E-state index in [2.05, 4.69) is 25.9 Å². The van der Waals surface area contributed by atoms with Gasteiger partial charge in [-0.15, -0.1) is 0 Å². The normalized spacial score (nSPS) is 15.0. The lowest BCUT2D eigenvalue weighted by molar-refractivity contribution is -0.123. The van der Waals surface area contributed by atoms with E-state index in [4.69, 9.17) is 0 Å². The van der Waals surface area contributed by atoms with E-state index in [-0.39, 0.29) is 23.8 Å². The Balaban J connectivity index is 1.64. The summed E-state index contributed by atoms with van der Waals surface area (Å²) < 4.78 is 13.1. The van der Waals surface area contributed by atoms with Crippen LogP contribution in [0, 0.1) is 5.82 Å². The first kappa shape index (κ1) is 20.3. The van der Waals surface area contributed by atoms with Crippen molar-refractivity contribution in [2.45, 2.75) is 25.7 Å². The molecule has 1 aromatic heterocycles. The minimum Gasteiger partial charge on any atom is -0.326 e. The van der Waals surface area contributed by atoms with Gasteiger partial charge in [0.1, 0.15) is 11.6 Å². The third kappa shape index (κ3) is 4.30. The number of aromatic nitrogens is 2. The van der Waals surface area contributed by atoms with Crippen LogP contribution in [0.1, 0.15) is 30.4 Å². The van der Waals surface area contributed by atoms with Crippen molar-refractivity contribution in [2.24, 2.45) is 0 Å². The molecule has 0 saturated heterocycles. The van der Waals surface area contributed by atoms with Crippen molar-refractivity contribution in [1.29, 1.82) is 0 Å². The van der Waals surface area contributed by atoms with Crippen LogP contribution < -0.4 is 21.5 Å². The second-order valence-electron chi connectivity index (χ2n) is 7.11. The molecule has 3 aromatic rings. The predicted octanol–water partition coefficient (Wildman–Crippen LogP) is 3.28. The van der Waals surface area contributed by atoms with Crippen LogP contribution in [0.15, 0.2) is 53.3 Å². The van der Waals surface area contributed by atoms with Gasteiger partial charge in [-0.2, -0.15) is 4.98 Å². The van der Waals surface area contributed by atoms with Crippen LogP contribution in [0.4, 0.5) is 27.5 Å². The number of rotatable bonds is 5. The van der Waals surface area contributed by atoms with Crippen molar-refractivity contribution in [3.05, 3.63) is 75.8 Å². The molecule has 31 heavy (non-hydrogen) atoms. The quantitative estimate of drug-likeness (QED) is 0.505. The van der Waals surface area contributed by atoms with Gasteiger partial charge >= 0.3 is 0 Å². The monoisotopic (exact) mass is 421 g/mol. The minimum absolute atomic E-state index is 0.0218. The molecule has 1 aliphatic rings. The second kappa shape index (κ2) is 8.39. The summed E-state index contributed by atoms with van der Waals surface area (Å²) in [7, 11) is 0. The zero-order valence-corrected chi connectivity index (χ0v) is 16.7. The molecule has 4 N–H and O–H groups in total. The predicted molar refractivity (Wildman–Crippen MR) is 115 cm³/mol. The van der Waals surface area contributed by atoms with Gasteiger partial charge in [0.15, 0.2) is 0 Å². The first-order valence-electron chi connectivity index (χ1n) is 9.80. The average Bonchev–Trinajstić information content (AvgIpc) is 2.75. The number of H-pyrrole nitrogens is 1. The summed E-state index contributed by atoms with van der Waals surface area (Å²) in [6.07, 6.45) is 0.557. The van der Waals surface area contributed by atoms with Crippen LogP contribution in [-0.4, -0.2) is 21.8 Å². The van der Waals surface area contributed by atoms with E-state index in [1.54, 1.807) is 12.1 Å². The summed E-state index contributed by atoms with van der Waals surface area (Å²) in [5.74, 6) is -2.17. The molecular formula is C22H20FN5O3. The number of aryl methyl sites for hydroxylation is 1. The number of aromatic amines is 1. The lowest BCUT2D eigenvalue weighted by Gasteiger charge is -2.24. The number of benzene rings is 2. The third-order valence-electron chi connectivity index (χ3n) is 5.03. The summed E-state index contributed by atoms with van der Waals surface area (Å²) in [6.45, 7) is 1.97. The minimum atomic E-state index is -0.982. The summed E-state index contributed by atoms with van der Waals surface area (Å²) in [4.78, 5) is 44.8. The summed E-state index contributed by atoms with van der Waals surface area (Å²) in [5.41, 5.74) is 1.63. The van der Waals surface area contributed by atoms with Gasteiger partial charge in [0.05, 0.1) is 11.5 Å². The van der Waals surface area contributed by atoms with E-state index in [0.717, 1.165) is 12.0 Å². The number of carbonyl (C=O) groups excluding carboxylic acids is 2. The van der Waals surface area contributed by atoms with Gasteiger partial charge in [-0.3, -0.25) is 19.4 Å². The Morgan fingerprint density at radius 1 is 1.16 bits per heavy atom. The molecule has 9 heteroatoms. The number of carbonyl (C=O) groups is 2. The van der Waals surface area contributed by atoms with E-state index >= 15 is 0 Å². The van der Waals surface area contributed by atoms with E-state index in [0.29, 0.717) is 11.4 Å². The maximum Gasteiger partial charge on any atom is 0.258 e. The van der Waals surface area contributed by atoms with E-state index < -0.39 is 29.1 Å². The summed E-state index contributed by atoms with van der Waals surface area (Å²) in [5, 5.41) is 8.24. The van der Waals surface area contributed by atoms with Crippen LogP contribution in [0.3, 0.4) is 0 Å². The van der Waals surface area contributed by atoms with E-state index in [9.17, 15) is 18.8 Å². The van der Waals surface area contributed by atoms with Crippen molar-refractivity contribution in [3.8, 4) is 0 Å². The molecule has 8 nitrogen and oxygen atoms in total. The molecule has 0 bridgehead atoms. The van der Waals surface area contributed by atoms with Crippen LogP contribution in [-0.2, 0) is 16.0 Å². The number of hydrogen-bond acceptors (Lipinski definition) is 5. The van der Waals surface area contributed by atoms with Gasteiger partial charge in [0, 0.05) is 17.8 Å². The highest BCUT2D eigenvalue weighted by Gasteiger charge is 2.35. The van der Waals surface area contributed by atoms with Crippen LogP contribution >= 0.6 is 0 Å². The van der Waals surface area contributed by atoms with Crippen LogP contribution in [0.5, 0.6) is 0 Å². The average molecular weight is 421 g/mol. The number of nitrogens with one attached hydrogen (secondary N) is 4. The Bertz CT molecular complexity index is 1210. The molecule has 0 spiro atoms. The molecule has 2 amide bonds. The zero-order chi connectivity index (χ0) is 22.0. The van der Waals surface area contributed by atoms with Crippen molar-refractivity contribution in [1.82, 2.24) is 9.97 Å². The first-order chi connectivity index (χ1) is 14.9. The molecule has 2 heterocycles. The Morgan fingerprint density at radius 2 is 1.90 bits per heavy atom. The fraction of sp³-hybridized carbons (Fsp3) is 0.182. The zero-order valence-electron chi connectivity index (χ0n) is 16.7. The molecule has 1 aliphatic heterocycles. The van der Waals surface area contributed by atoms with Gasteiger partial charge in [-0.1, -0.05) is 25.1 Å². The summed E-state index contributed by atoms with van der Waals surface area (Å²) >= 11 is 0. The topological polar surface area (TPSA) is 116 Å². The second-order valence-corrected chi connectivity index (χ2v) is 7.11. The van der Waals surface area contributed by atoms with Gasteiger partial charge in [0.2, 0.25) is 17.8 Å². The standard InChI is InChI=1S/C22H20FN5O3/c1-2-12-5-3-4-6-16(12)25-20(30)15-11-17(29)26-19-18(15)21(31)28-22(27-19)24-14-9-7-13(23)8-10-14/h3-10,15H,2,11H2,1H3,(H,25,30)(H3,24,26,27,28,29,31)/t15-/m0/s1. The molecule has 1 atom stereocenters. The Kier molecular flexibility index (Phi) is 5.48. The number of amides is 2. The Morgan fingerprint density at radius 3 is 2.65 bits per heavy atom. The number of para-hydroxylation sites is 1. The number of nitrogens with zero attached hydrogens (tertiary/aromatic N) is 1. The maximum atomic E-state index is 13.1. The van der Waals surface area contributed by atoms with Gasteiger partial charge < -0.3 is 16.0 Å². The molecule has 2 aromatic carbocycles. The van der Waals surface area contributed by atoms with Crippen molar-refractivity contribution in [2.75, 3.05) is 16.0 Å². The molecule has 0 saturated carbocycles. The van der Waals surface area contributed by atoms with Gasteiger partial charge in [-0.25, -0.2) is 4.39 Å². The molecule has 0 unspecified atom stereocenters. The summed E-state index contributed by atoms with van der Waals surface area (Å²) in [6, 6.07) is 12.8. The Labute approximate surface area is 176 Å². The molecule has 0 radical (unpaired) electrons. The van der Waals surface area contributed by atoms with Gasteiger partial charge in [-0.05, 0) is 42.3 Å². The highest BCUT2D eigenvalue weighted by Crippen LogP contribution is 2.30. The third-order valence-corrected chi connectivity index (χ3v) is 5.03. The van der Waals surface area contributed by atoms with Gasteiger partial charge in [0.25, 0.3) is 5.56 Å². The van der Waals surface area contributed by atoms with Crippen molar-refractivity contribution >= 4 is 35.0 Å². The lowest BCUT2D eigenvalue weighted by atomic mass is 9.92.